The van der Waals surface area contributed by atoms with E-state index in [1.807, 2.05) is 24.3 Å². The lowest BCUT2D eigenvalue weighted by atomic mass is 10.1. The molecule has 26 heavy (non-hydrogen) atoms. The average Bonchev–Trinajstić information content (AvgIpc) is 2.65. The molecule has 6 nitrogen and oxygen atoms in total. The van der Waals surface area contributed by atoms with Crippen molar-refractivity contribution in [3.05, 3.63) is 65.9 Å². The molecule has 0 aliphatic rings. The largest absolute Gasteiger partial charge is 0.497 e. The number of anilines is 3. The van der Waals surface area contributed by atoms with Gasteiger partial charge in [-0.1, -0.05) is 12.1 Å². The molecule has 0 atom stereocenters. The Morgan fingerprint density at radius 1 is 1.08 bits per heavy atom. The Morgan fingerprint density at radius 3 is 2.77 bits per heavy atom. The number of hydrogen-bond acceptors (Lipinski definition) is 6. The molecule has 0 unspecified atom stereocenters. The van der Waals surface area contributed by atoms with Crippen molar-refractivity contribution in [2.45, 2.75) is 6.42 Å². The van der Waals surface area contributed by atoms with Crippen LogP contribution in [0.4, 0.5) is 26.2 Å². The summed E-state index contributed by atoms with van der Waals surface area (Å²) in [6.07, 6.45) is 2.15. The predicted molar refractivity (Wildman–Crippen MR) is 94.7 cm³/mol. The van der Waals surface area contributed by atoms with E-state index in [2.05, 4.69) is 25.8 Å². The summed E-state index contributed by atoms with van der Waals surface area (Å²) in [5, 5.41) is 13.7. The zero-order valence-corrected chi connectivity index (χ0v) is 14.0. The van der Waals surface area contributed by atoms with Gasteiger partial charge in [-0.25, -0.2) is 8.78 Å². The molecule has 2 aromatic carbocycles. The highest BCUT2D eigenvalue weighted by molar-refractivity contribution is 5.56. The molecule has 1 heterocycles. The van der Waals surface area contributed by atoms with Crippen molar-refractivity contribution in [3.8, 4) is 5.75 Å². The van der Waals surface area contributed by atoms with Gasteiger partial charge in [-0.3, -0.25) is 0 Å². The predicted octanol–water partition coefficient (Wildman–Crippen LogP) is 3.56. The number of ether oxygens (including phenoxy) is 1. The smallest absolute Gasteiger partial charge is 0.244 e. The Kier molecular flexibility index (Phi) is 5.52. The second kappa shape index (κ2) is 8.19. The van der Waals surface area contributed by atoms with Crippen molar-refractivity contribution in [2.75, 3.05) is 24.3 Å². The molecule has 3 rings (SSSR count). The van der Waals surface area contributed by atoms with E-state index >= 15 is 0 Å². The van der Waals surface area contributed by atoms with Gasteiger partial charge in [0, 0.05) is 18.3 Å². The maximum absolute atomic E-state index is 13.3. The maximum Gasteiger partial charge on any atom is 0.244 e. The summed E-state index contributed by atoms with van der Waals surface area (Å²) in [7, 11) is 1.63. The molecule has 134 valence electrons. The van der Waals surface area contributed by atoms with Gasteiger partial charge in [0.05, 0.1) is 13.3 Å². The summed E-state index contributed by atoms with van der Waals surface area (Å²) in [5.41, 5.74) is 1.48. The van der Waals surface area contributed by atoms with Gasteiger partial charge in [0.2, 0.25) is 5.95 Å². The van der Waals surface area contributed by atoms with E-state index in [-0.39, 0.29) is 0 Å². The Morgan fingerprint density at radius 2 is 1.96 bits per heavy atom. The molecule has 0 spiro atoms. The van der Waals surface area contributed by atoms with Gasteiger partial charge >= 0.3 is 0 Å². The lowest BCUT2D eigenvalue weighted by molar-refractivity contribution is 0.414. The Hall–Kier alpha value is -3.29. The second-order valence-electron chi connectivity index (χ2n) is 5.45. The first-order valence-corrected chi connectivity index (χ1v) is 7.92. The maximum atomic E-state index is 13.3. The number of benzene rings is 2. The first-order valence-electron chi connectivity index (χ1n) is 7.92. The van der Waals surface area contributed by atoms with Crippen molar-refractivity contribution in [2.24, 2.45) is 0 Å². The van der Waals surface area contributed by atoms with Crippen LogP contribution >= 0.6 is 0 Å². The van der Waals surface area contributed by atoms with Crippen molar-refractivity contribution in [3.63, 3.8) is 0 Å². The SMILES string of the molecule is COc1cccc(CCNc2nncc(Nc3ccc(F)c(F)c3)n2)c1. The average molecular weight is 357 g/mol. The lowest BCUT2D eigenvalue weighted by Gasteiger charge is -2.08. The first-order chi connectivity index (χ1) is 12.6. The third-order valence-corrected chi connectivity index (χ3v) is 3.58. The number of hydrogen-bond donors (Lipinski definition) is 2. The molecule has 8 heteroatoms. The fourth-order valence-electron chi connectivity index (χ4n) is 2.31. The minimum Gasteiger partial charge on any atom is -0.497 e. The second-order valence-corrected chi connectivity index (χ2v) is 5.45. The molecule has 0 bridgehead atoms. The van der Waals surface area contributed by atoms with E-state index in [1.165, 1.54) is 12.3 Å². The van der Waals surface area contributed by atoms with Crippen LogP contribution in [0.3, 0.4) is 0 Å². The van der Waals surface area contributed by atoms with Gasteiger partial charge in [-0.05, 0) is 36.2 Å². The van der Waals surface area contributed by atoms with Crippen LogP contribution in [0.15, 0.2) is 48.7 Å². The van der Waals surface area contributed by atoms with E-state index in [9.17, 15) is 8.78 Å². The number of methoxy groups -OCH3 is 1. The molecule has 3 aromatic rings. The van der Waals surface area contributed by atoms with Gasteiger partial charge in [0.1, 0.15) is 5.75 Å². The highest BCUT2D eigenvalue weighted by Gasteiger charge is 2.05. The molecule has 0 saturated carbocycles. The molecule has 0 amide bonds. The van der Waals surface area contributed by atoms with Gasteiger partial charge < -0.3 is 15.4 Å². The third-order valence-electron chi connectivity index (χ3n) is 3.58. The summed E-state index contributed by atoms with van der Waals surface area (Å²) in [4.78, 5) is 4.25. The van der Waals surface area contributed by atoms with E-state index < -0.39 is 11.6 Å². The highest BCUT2D eigenvalue weighted by Crippen LogP contribution is 2.17. The van der Waals surface area contributed by atoms with E-state index in [0.717, 1.165) is 29.9 Å². The summed E-state index contributed by atoms with van der Waals surface area (Å²) < 4.78 is 31.4. The van der Waals surface area contributed by atoms with Crippen LogP contribution in [-0.4, -0.2) is 28.8 Å². The van der Waals surface area contributed by atoms with Crippen molar-refractivity contribution in [1.29, 1.82) is 0 Å². The summed E-state index contributed by atoms with van der Waals surface area (Å²) >= 11 is 0. The van der Waals surface area contributed by atoms with E-state index in [4.69, 9.17) is 4.74 Å². The number of aromatic nitrogens is 3. The van der Waals surface area contributed by atoms with Crippen LogP contribution in [-0.2, 0) is 6.42 Å². The zero-order chi connectivity index (χ0) is 18.4. The molecule has 1 aromatic heterocycles. The summed E-state index contributed by atoms with van der Waals surface area (Å²) in [6, 6.07) is 11.3. The summed E-state index contributed by atoms with van der Waals surface area (Å²) in [6.45, 7) is 0.601. The van der Waals surface area contributed by atoms with Crippen LogP contribution < -0.4 is 15.4 Å². The fraction of sp³-hybridized carbons (Fsp3) is 0.167. The highest BCUT2D eigenvalue weighted by atomic mass is 19.2. The minimum absolute atomic E-state index is 0.334. The molecule has 0 radical (unpaired) electrons. The number of halogens is 2. The normalized spacial score (nSPS) is 10.4. The Labute approximate surface area is 149 Å². The topological polar surface area (TPSA) is 72.0 Å². The third kappa shape index (κ3) is 4.62. The monoisotopic (exact) mass is 357 g/mol. The van der Waals surface area contributed by atoms with Gasteiger partial charge in [0.25, 0.3) is 0 Å². The minimum atomic E-state index is -0.936. The Bertz CT molecular complexity index is 891. The fourth-order valence-corrected chi connectivity index (χ4v) is 2.31. The quantitative estimate of drug-likeness (QED) is 0.674. The number of rotatable bonds is 7. The first kappa shape index (κ1) is 17.5. The van der Waals surface area contributed by atoms with Gasteiger partial charge in [-0.15, -0.1) is 5.10 Å². The summed E-state index contributed by atoms with van der Waals surface area (Å²) in [5.74, 6) is -0.335. The van der Waals surface area contributed by atoms with Crippen molar-refractivity contribution < 1.29 is 13.5 Å². The zero-order valence-electron chi connectivity index (χ0n) is 14.0. The molecular weight excluding hydrogens is 340 g/mol. The molecule has 0 saturated heterocycles. The van der Waals surface area contributed by atoms with Crippen LogP contribution in [0.1, 0.15) is 5.56 Å². The van der Waals surface area contributed by atoms with Crippen LogP contribution in [0.5, 0.6) is 5.75 Å². The molecule has 0 aliphatic carbocycles. The number of nitrogens with one attached hydrogen (secondary N) is 2. The molecule has 0 fully saturated rings. The Balaban J connectivity index is 1.59. The van der Waals surface area contributed by atoms with E-state index in [0.29, 0.717) is 24.0 Å². The lowest BCUT2D eigenvalue weighted by Crippen LogP contribution is -2.09. The molecule has 0 aliphatic heterocycles. The van der Waals surface area contributed by atoms with Crippen LogP contribution in [0, 0.1) is 11.6 Å². The van der Waals surface area contributed by atoms with Crippen LogP contribution in [0.25, 0.3) is 0 Å². The molecule has 2 N–H and O–H groups in total. The van der Waals surface area contributed by atoms with Gasteiger partial charge in [0.15, 0.2) is 17.5 Å². The van der Waals surface area contributed by atoms with Gasteiger partial charge in [-0.2, -0.15) is 10.1 Å². The molecular formula is C18H17F2N5O. The van der Waals surface area contributed by atoms with E-state index in [1.54, 1.807) is 7.11 Å². The van der Waals surface area contributed by atoms with Crippen molar-refractivity contribution >= 4 is 17.5 Å². The standard InChI is InChI=1S/C18H17F2N5O/c1-26-14-4-2-3-12(9-14)7-8-21-18-24-17(11-22-25-18)23-13-5-6-15(19)16(20)10-13/h2-6,9-11H,7-8H2,1H3,(H2,21,23,24,25). The van der Waals surface area contributed by atoms with Crippen molar-refractivity contribution in [1.82, 2.24) is 15.2 Å². The van der Waals surface area contributed by atoms with Crippen LogP contribution in [0.2, 0.25) is 0 Å². The number of nitrogens with zero attached hydrogens (tertiary/aromatic N) is 3.